The fourth-order valence-corrected chi connectivity index (χ4v) is 6.15. The molecule has 0 aromatic heterocycles. The molecule has 9 heteroatoms. The molecule has 182 valence electrons. The molecule has 4 rings (SSSR count). The lowest BCUT2D eigenvalue weighted by Crippen LogP contribution is -2.39. The molecule has 7 nitrogen and oxygen atoms in total. The molecule has 1 aliphatic heterocycles. The van der Waals surface area contributed by atoms with Gasteiger partial charge in [0, 0.05) is 34.4 Å². The lowest BCUT2D eigenvalue weighted by Gasteiger charge is -2.31. The van der Waals surface area contributed by atoms with E-state index in [1.54, 1.807) is 13.8 Å². The first-order valence-corrected chi connectivity index (χ1v) is 13.5. The summed E-state index contributed by atoms with van der Waals surface area (Å²) in [7, 11) is -3.64. The molecule has 3 aromatic rings. The molecule has 0 saturated carbocycles. The van der Waals surface area contributed by atoms with Crippen molar-refractivity contribution in [3.63, 3.8) is 0 Å². The van der Waals surface area contributed by atoms with Gasteiger partial charge >= 0.3 is 0 Å². The van der Waals surface area contributed by atoms with Crippen molar-refractivity contribution in [1.29, 1.82) is 0 Å². The summed E-state index contributed by atoms with van der Waals surface area (Å²) >= 11 is 3.51. The second-order valence-electron chi connectivity index (χ2n) is 8.14. The Morgan fingerprint density at radius 1 is 1.03 bits per heavy atom. The van der Waals surface area contributed by atoms with Gasteiger partial charge in [-0.3, -0.25) is 9.59 Å². The predicted octanol–water partition coefficient (Wildman–Crippen LogP) is 4.66. The molecule has 0 bridgehead atoms. The number of rotatable bonds is 6. The van der Waals surface area contributed by atoms with E-state index in [-0.39, 0.29) is 23.3 Å². The zero-order chi connectivity index (χ0) is 25.2. The SMILES string of the molecule is CCN(CC)S(=O)(=O)c1ccc(C(=O)N2CC(=O)Nc3ccc(Br)cc3[C@H]2c2ccccc2)cc1. The maximum absolute atomic E-state index is 13.8. The third-order valence-corrected chi connectivity index (χ3v) is 8.59. The minimum absolute atomic E-state index is 0.125. The topological polar surface area (TPSA) is 86.8 Å². The molecular formula is C26H26BrN3O4S. The lowest BCUT2D eigenvalue weighted by atomic mass is 9.95. The van der Waals surface area contributed by atoms with Crippen LogP contribution in [0, 0.1) is 0 Å². The molecule has 0 radical (unpaired) electrons. The van der Waals surface area contributed by atoms with Gasteiger partial charge in [-0.2, -0.15) is 4.31 Å². The van der Waals surface area contributed by atoms with Crippen LogP contribution in [0.3, 0.4) is 0 Å². The molecule has 3 aromatic carbocycles. The van der Waals surface area contributed by atoms with Crippen molar-refractivity contribution in [2.45, 2.75) is 24.8 Å². The summed E-state index contributed by atoms with van der Waals surface area (Å²) in [6.45, 7) is 4.13. The number of sulfonamides is 1. The Balaban J connectivity index is 1.77. The minimum Gasteiger partial charge on any atom is -0.324 e. The Labute approximate surface area is 213 Å². The number of halogens is 1. The van der Waals surface area contributed by atoms with Gasteiger partial charge in [0.2, 0.25) is 15.9 Å². The standard InChI is InChI=1S/C26H26BrN3O4S/c1-3-29(4-2)35(33,34)21-13-10-19(11-14-21)26(32)30-17-24(31)28-23-15-12-20(27)16-22(23)25(30)18-8-6-5-7-9-18/h5-16,25H,3-4,17H2,1-2H3,(H,28,31)/t25-/m1/s1. The molecule has 35 heavy (non-hydrogen) atoms. The number of hydrogen-bond donors (Lipinski definition) is 1. The number of nitrogens with zero attached hydrogens (tertiary/aromatic N) is 2. The zero-order valence-corrected chi connectivity index (χ0v) is 21.8. The molecule has 0 saturated heterocycles. The van der Waals surface area contributed by atoms with Gasteiger partial charge in [0.05, 0.1) is 10.9 Å². The fraction of sp³-hybridized carbons (Fsp3) is 0.231. The molecule has 1 atom stereocenters. The predicted molar refractivity (Wildman–Crippen MR) is 139 cm³/mol. The molecule has 0 aliphatic carbocycles. The highest BCUT2D eigenvalue weighted by Crippen LogP contribution is 2.38. The monoisotopic (exact) mass is 555 g/mol. The highest BCUT2D eigenvalue weighted by atomic mass is 79.9. The van der Waals surface area contributed by atoms with E-state index < -0.39 is 16.1 Å². The molecule has 1 N–H and O–H groups in total. The quantitative estimate of drug-likeness (QED) is 0.479. The normalized spacial score (nSPS) is 15.9. The summed E-state index contributed by atoms with van der Waals surface area (Å²) < 4.78 is 27.9. The van der Waals surface area contributed by atoms with Gasteiger partial charge in [-0.15, -0.1) is 0 Å². The average Bonchev–Trinajstić information content (AvgIpc) is 3.00. The average molecular weight is 556 g/mol. The first-order valence-electron chi connectivity index (χ1n) is 11.3. The van der Waals surface area contributed by atoms with E-state index in [9.17, 15) is 18.0 Å². The molecule has 2 amide bonds. The van der Waals surface area contributed by atoms with Crippen LogP contribution >= 0.6 is 15.9 Å². The molecule has 1 aliphatic rings. The minimum atomic E-state index is -3.64. The summed E-state index contributed by atoms with van der Waals surface area (Å²) in [6.07, 6.45) is 0. The second kappa shape index (κ2) is 10.3. The van der Waals surface area contributed by atoms with Gasteiger partial charge in [0.15, 0.2) is 0 Å². The summed E-state index contributed by atoms with van der Waals surface area (Å²) in [5.74, 6) is -0.672. The van der Waals surface area contributed by atoms with E-state index in [0.29, 0.717) is 24.3 Å². The Bertz CT molecular complexity index is 1340. The van der Waals surface area contributed by atoms with E-state index in [0.717, 1.165) is 15.6 Å². The van der Waals surface area contributed by atoms with Crippen molar-refractivity contribution in [3.8, 4) is 0 Å². The molecule has 1 heterocycles. The molecule has 0 unspecified atom stereocenters. The van der Waals surface area contributed by atoms with E-state index in [4.69, 9.17) is 0 Å². The van der Waals surface area contributed by atoms with Gasteiger partial charge < -0.3 is 10.2 Å². The molecule has 0 spiro atoms. The largest absolute Gasteiger partial charge is 0.324 e. The Hall–Kier alpha value is -3.01. The van der Waals surface area contributed by atoms with Crippen LogP contribution in [0.15, 0.2) is 82.2 Å². The van der Waals surface area contributed by atoms with Crippen LogP contribution in [0.5, 0.6) is 0 Å². The fourth-order valence-electron chi connectivity index (χ4n) is 4.31. The van der Waals surface area contributed by atoms with Crippen LogP contribution in [0.2, 0.25) is 0 Å². The lowest BCUT2D eigenvalue weighted by molar-refractivity contribution is -0.117. The first-order chi connectivity index (χ1) is 16.8. The maximum atomic E-state index is 13.8. The van der Waals surface area contributed by atoms with Gasteiger partial charge in [-0.05, 0) is 48.0 Å². The van der Waals surface area contributed by atoms with E-state index in [1.165, 1.54) is 33.5 Å². The van der Waals surface area contributed by atoms with E-state index >= 15 is 0 Å². The van der Waals surface area contributed by atoms with Gasteiger partial charge in [-0.1, -0.05) is 60.1 Å². The van der Waals surface area contributed by atoms with Crippen molar-refractivity contribution in [2.24, 2.45) is 0 Å². The van der Waals surface area contributed by atoms with E-state index in [1.807, 2.05) is 48.5 Å². The zero-order valence-electron chi connectivity index (χ0n) is 19.4. The summed E-state index contributed by atoms with van der Waals surface area (Å²) in [5, 5.41) is 2.90. The third kappa shape index (κ3) is 5.03. The molecule has 0 fully saturated rings. The number of anilines is 1. The van der Waals surface area contributed by atoms with Crippen molar-refractivity contribution in [2.75, 3.05) is 25.0 Å². The Morgan fingerprint density at radius 3 is 2.31 bits per heavy atom. The summed E-state index contributed by atoms with van der Waals surface area (Å²) in [4.78, 5) is 28.2. The summed E-state index contributed by atoms with van der Waals surface area (Å²) in [5.41, 5.74) is 2.58. The van der Waals surface area contributed by atoms with Crippen LogP contribution in [0.1, 0.15) is 41.4 Å². The number of hydrogen-bond acceptors (Lipinski definition) is 4. The van der Waals surface area contributed by atoms with Crippen LogP contribution in [0.4, 0.5) is 5.69 Å². The first kappa shape index (κ1) is 25.1. The van der Waals surface area contributed by atoms with Crippen molar-refractivity contribution in [1.82, 2.24) is 9.21 Å². The number of benzene rings is 3. The number of carbonyl (C=O) groups is 2. The van der Waals surface area contributed by atoms with Crippen LogP contribution in [-0.4, -0.2) is 49.1 Å². The van der Waals surface area contributed by atoms with Crippen LogP contribution in [0.25, 0.3) is 0 Å². The number of amides is 2. The van der Waals surface area contributed by atoms with Gasteiger partial charge in [0.25, 0.3) is 5.91 Å². The highest BCUT2D eigenvalue weighted by Gasteiger charge is 2.34. The van der Waals surface area contributed by atoms with Crippen molar-refractivity contribution >= 4 is 43.5 Å². The van der Waals surface area contributed by atoms with Crippen LogP contribution in [-0.2, 0) is 14.8 Å². The third-order valence-electron chi connectivity index (χ3n) is 6.03. The van der Waals surface area contributed by atoms with Crippen molar-refractivity contribution < 1.29 is 18.0 Å². The highest BCUT2D eigenvalue weighted by molar-refractivity contribution is 9.10. The van der Waals surface area contributed by atoms with Gasteiger partial charge in [-0.25, -0.2) is 8.42 Å². The smallest absolute Gasteiger partial charge is 0.255 e. The Kier molecular flexibility index (Phi) is 7.39. The number of carbonyl (C=O) groups excluding carboxylic acids is 2. The number of nitrogens with one attached hydrogen (secondary N) is 1. The maximum Gasteiger partial charge on any atom is 0.255 e. The van der Waals surface area contributed by atoms with E-state index in [2.05, 4.69) is 21.2 Å². The van der Waals surface area contributed by atoms with Crippen LogP contribution < -0.4 is 5.32 Å². The van der Waals surface area contributed by atoms with Crippen molar-refractivity contribution in [3.05, 3.63) is 94.0 Å². The second-order valence-corrected chi connectivity index (χ2v) is 11.0. The Morgan fingerprint density at radius 2 is 1.69 bits per heavy atom. The summed E-state index contributed by atoms with van der Waals surface area (Å²) in [6, 6.07) is 20.5. The number of fused-ring (bicyclic) bond motifs is 1. The molecular weight excluding hydrogens is 530 g/mol. The van der Waals surface area contributed by atoms with Gasteiger partial charge in [0.1, 0.15) is 6.54 Å².